The second kappa shape index (κ2) is 12.4. The normalized spacial score (nSPS) is 11.7. The van der Waals surface area contributed by atoms with E-state index in [1.807, 2.05) is 13.8 Å². The van der Waals surface area contributed by atoms with Gasteiger partial charge in [-0.25, -0.2) is 9.18 Å². The van der Waals surface area contributed by atoms with Crippen molar-refractivity contribution in [2.24, 2.45) is 0 Å². The van der Waals surface area contributed by atoms with Crippen LogP contribution in [-0.4, -0.2) is 39.5 Å². The molecule has 1 N–H and O–H groups in total. The van der Waals surface area contributed by atoms with E-state index in [1.54, 1.807) is 17.6 Å². The zero-order valence-electron chi connectivity index (χ0n) is 20.3. The highest BCUT2D eigenvalue weighted by Crippen LogP contribution is 2.34. The Morgan fingerprint density at radius 1 is 1.39 bits per heavy atom. The van der Waals surface area contributed by atoms with Gasteiger partial charge in [-0.3, -0.25) is 9.36 Å². The summed E-state index contributed by atoms with van der Waals surface area (Å²) in [6, 6.07) is 3.87. The summed E-state index contributed by atoms with van der Waals surface area (Å²) in [5.41, 5.74) is 1.25. The molecule has 192 valence electrons. The lowest BCUT2D eigenvalue weighted by atomic mass is 10.1. The number of thioether (sulfide) groups is 1. The highest BCUT2D eigenvalue weighted by molar-refractivity contribution is 7.99. The quantitative estimate of drug-likeness (QED) is 0.181. The summed E-state index contributed by atoms with van der Waals surface area (Å²) in [4.78, 5) is 26.0. The molecule has 0 aliphatic carbocycles. The fourth-order valence-corrected chi connectivity index (χ4v) is 5.64. The van der Waals surface area contributed by atoms with Gasteiger partial charge in [-0.2, -0.15) is 0 Å². The van der Waals surface area contributed by atoms with Gasteiger partial charge < -0.3 is 14.8 Å². The van der Waals surface area contributed by atoms with Gasteiger partial charge in [-0.1, -0.05) is 36.4 Å². The van der Waals surface area contributed by atoms with Crippen molar-refractivity contribution in [3.05, 3.63) is 63.5 Å². The molecule has 0 saturated heterocycles. The number of anilines is 1. The van der Waals surface area contributed by atoms with Crippen LogP contribution in [0.4, 0.5) is 9.39 Å². The van der Waals surface area contributed by atoms with Crippen molar-refractivity contribution in [3.8, 4) is 5.75 Å². The third kappa shape index (κ3) is 6.26. The van der Waals surface area contributed by atoms with Crippen molar-refractivity contribution in [1.29, 1.82) is 0 Å². The number of carbonyl (C=O) groups excluding carboxylic acids is 2. The number of nitrogens with zero attached hydrogens (tertiary/aromatic N) is 3. The van der Waals surface area contributed by atoms with Gasteiger partial charge in [-0.05, 0) is 44.0 Å². The number of aryl methyl sites for hydroxylation is 1. The maximum Gasteiger partial charge on any atom is 0.341 e. The highest BCUT2D eigenvalue weighted by Gasteiger charge is 2.24. The number of amides is 1. The number of aromatic nitrogens is 3. The van der Waals surface area contributed by atoms with Gasteiger partial charge in [0.1, 0.15) is 16.6 Å². The molecule has 1 unspecified atom stereocenters. The van der Waals surface area contributed by atoms with Crippen LogP contribution in [0, 0.1) is 12.7 Å². The van der Waals surface area contributed by atoms with Crippen LogP contribution in [-0.2, 0) is 22.5 Å². The van der Waals surface area contributed by atoms with E-state index in [0.29, 0.717) is 40.3 Å². The van der Waals surface area contributed by atoms with Crippen molar-refractivity contribution >= 4 is 51.6 Å². The number of nitrogens with one attached hydrogen (secondary N) is 1. The van der Waals surface area contributed by atoms with Crippen molar-refractivity contribution in [2.75, 3.05) is 18.2 Å². The molecule has 12 heteroatoms. The van der Waals surface area contributed by atoms with Crippen molar-refractivity contribution in [3.63, 3.8) is 0 Å². The first kappa shape index (κ1) is 27.7. The molecule has 1 aromatic carbocycles. The number of benzene rings is 1. The number of esters is 1. The van der Waals surface area contributed by atoms with E-state index in [1.165, 1.54) is 48.4 Å². The first-order valence-electron chi connectivity index (χ1n) is 11.0. The molecule has 0 aliphatic rings. The van der Waals surface area contributed by atoms with E-state index in [-0.39, 0.29) is 16.7 Å². The first-order valence-corrected chi connectivity index (χ1v) is 13.2. The Hall–Kier alpha value is -2.89. The molecule has 3 rings (SSSR count). The zero-order valence-corrected chi connectivity index (χ0v) is 22.7. The van der Waals surface area contributed by atoms with Crippen LogP contribution in [0.3, 0.4) is 0 Å². The maximum absolute atomic E-state index is 13.3. The second-order valence-corrected chi connectivity index (χ2v) is 10.2. The van der Waals surface area contributed by atoms with Gasteiger partial charge in [0.2, 0.25) is 5.91 Å². The molecule has 0 aliphatic heterocycles. The summed E-state index contributed by atoms with van der Waals surface area (Å²) >= 11 is 8.61. The fourth-order valence-electron chi connectivity index (χ4n) is 3.53. The van der Waals surface area contributed by atoms with Gasteiger partial charge in [0.05, 0.1) is 23.4 Å². The minimum Gasteiger partial charge on any atom is -0.481 e. The predicted octanol–water partition coefficient (Wildman–Crippen LogP) is 5.85. The number of carbonyl (C=O) groups is 2. The minimum atomic E-state index is -0.562. The Morgan fingerprint density at radius 2 is 2.14 bits per heavy atom. The van der Waals surface area contributed by atoms with Gasteiger partial charge in [0.25, 0.3) is 0 Å². The lowest BCUT2D eigenvalue weighted by molar-refractivity contribution is -0.113. The summed E-state index contributed by atoms with van der Waals surface area (Å²) < 4.78 is 25.9. The molecule has 36 heavy (non-hydrogen) atoms. The molecule has 0 saturated carbocycles. The summed E-state index contributed by atoms with van der Waals surface area (Å²) in [5.74, 6) is -0.406. The average Bonchev–Trinajstić information content (AvgIpc) is 3.38. The highest BCUT2D eigenvalue weighted by atomic mass is 35.5. The molecule has 0 fully saturated rings. The lowest BCUT2D eigenvalue weighted by Crippen LogP contribution is -2.17. The van der Waals surface area contributed by atoms with Gasteiger partial charge in [0.15, 0.2) is 17.1 Å². The van der Waals surface area contributed by atoms with E-state index in [9.17, 15) is 14.0 Å². The van der Waals surface area contributed by atoms with Crippen LogP contribution in [0.2, 0.25) is 5.02 Å². The molecule has 0 bridgehead atoms. The molecule has 2 aromatic heterocycles. The van der Waals surface area contributed by atoms with Crippen molar-refractivity contribution in [2.45, 2.75) is 45.0 Å². The number of hydrogen-bond donors (Lipinski definition) is 1. The molecule has 0 radical (unpaired) electrons. The summed E-state index contributed by atoms with van der Waals surface area (Å²) in [6.45, 7) is 9.78. The number of allylic oxidation sites excluding steroid dienone is 1. The smallest absolute Gasteiger partial charge is 0.341 e. The average molecular weight is 553 g/mol. The Bertz CT molecular complexity index is 1280. The van der Waals surface area contributed by atoms with Gasteiger partial charge >= 0.3 is 5.97 Å². The Kier molecular flexibility index (Phi) is 9.52. The van der Waals surface area contributed by atoms with Gasteiger partial charge in [0, 0.05) is 11.4 Å². The molecular formula is C24H26ClFN4O4S2. The number of ether oxygens (including phenoxy) is 2. The lowest BCUT2D eigenvalue weighted by Gasteiger charge is -2.16. The number of methoxy groups -OCH3 is 1. The molecule has 3 aromatic rings. The Morgan fingerprint density at radius 3 is 2.78 bits per heavy atom. The van der Waals surface area contributed by atoms with Crippen LogP contribution in [0.25, 0.3) is 0 Å². The second-order valence-electron chi connectivity index (χ2n) is 7.60. The minimum absolute atomic E-state index is 0.0350. The van der Waals surface area contributed by atoms with Crippen LogP contribution in [0.15, 0.2) is 36.0 Å². The fraction of sp³-hybridized carbons (Fsp3) is 0.333. The third-order valence-electron chi connectivity index (χ3n) is 5.16. The molecule has 1 atom stereocenters. The zero-order chi connectivity index (χ0) is 26.4. The van der Waals surface area contributed by atoms with E-state index >= 15 is 0 Å². The SMILES string of the molecule is C=CCn1c(SCC(=O)Nc2sc(C)c(CC)c2C(=O)OC)nnc1C(C)Oc1ccc(F)cc1Cl. The van der Waals surface area contributed by atoms with Crippen molar-refractivity contribution in [1.82, 2.24) is 14.8 Å². The van der Waals surface area contributed by atoms with E-state index in [2.05, 4.69) is 22.1 Å². The van der Waals surface area contributed by atoms with E-state index < -0.39 is 17.9 Å². The molecular weight excluding hydrogens is 527 g/mol. The first-order chi connectivity index (χ1) is 17.2. The predicted molar refractivity (Wildman–Crippen MR) is 140 cm³/mol. The van der Waals surface area contributed by atoms with Crippen molar-refractivity contribution < 1.29 is 23.5 Å². The van der Waals surface area contributed by atoms with Crippen LogP contribution < -0.4 is 10.1 Å². The summed E-state index contributed by atoms with van der Waals surface area (Å²) in [6.07, 6.45) is 1.76. The standard InChI is InChI=1S/C24H26ClFN4O4S2/c1-6-10-30-21(13(3)34-18-9-8-15(26)11-17(18)25)28-29-24(30)35-12-19(31)27-22-20(23(32)33-5)16(7-2)14(4)36-22/h6,8-9,11,13H,1,7,10,12H2,2-5H3,(H,27,31). The largest absolute Gasteiger partial charge is 0.481 e. The topological polar surface area (TPSA) is 95.3 Å². The molecule has 0 spiro atoms. The van der Waals surface area contributed by atoms with E-state index in [0.717, 1.165) is 10.4 Å². The number of hydrogen-bond acceptors (Lipinski definition) is 8. The maximum atomic E-state index is 13.3. The van der Waals surface area contributed by atoms with Crippen LogP contribution in [0.1, 0.15) is 46.6 Å². The Labute approximate surface area is 221 Å². The molecule has 8 nitrogen and oxygen atoms in total. The number of thiophene rings is 1. The summed E-state index contributed by atoms with van der Waals surface area (Å²) in [5, 5.41) is 12.4. The monoisotopic (exact) mass is 552 g/mol. The third-order valence-corrected chi connectivity index (χ3v) is 7.48. The van der Waals surface area contributed by atoms with Gasteiger partial charge in [-0.15, -0.1) is 28.1 Å². The number of halogens is 2. The van der Waals surface area contributed by atoms with Crippen LogP contribution >= 0.6 is 34.7 Å². The van der Waals surface area contributed by atoms with E-state index in [4.69, 9.17) is 21.1 Å². The molecule has 1 amide bonds. The van der Waals surface area contributed by atoms with Crippen LogP contribution in [0.5, 0.6) is 5.75 Å². The Balaban J connectivity index is 1.73. The summed E-state index contributed by atoms with van der Waals surface area (Å²) in [7, 11) is 1.31. The molecule has 2 heterocycles. The number of rotatable bonds is 11.